The molecule has 14 heavy (non-hydrogen) atoms. The van der Waals surface area contributed by atoms with Crippen LogP contribution in [0, 0.1) is 0 Å². The number of benzene rings is 1. The molecule has 0 saturated carbocycles. The van der Waals surface area contributed by atoms with Gasteiger partial charge in [-0.05, 0) is 23.6 Å². The molecule has 2 heterocycles. The Morgan fingerprint density at radius 3 is 3.00 bits per heavy atom. The van der Waals surface area contributed by atoms with E-state index in [9.17, 15) is 0 Å². The Balaban J connectivity index is 2.67. The van der Waals surface area contributed by atoms with E-state index in [-0.39, 0.29) is 0 Å². The molecule has 2 nitrogen and oxygen atoms in total. The first-order valence-corrected chi connectivity index (χ1v) is 4.74. The molecule has 0 saturated heterocycles. The summed E-state index contributed by atoms with van der Waals surface area (Å²) in [4.78, 5) is 0. The summed E-state index contributed by atoms with van der Waals surface area (Å²) in [5.74, 6) is 0. The molecule has 3 aromatic rings. The van der Waals surface area contributed by atoms with E-state index in [1.54, 1.807) is 6.20 Å². The molecule has 0 aliphatic carbocycles. The smallest absolute Gasteiger partial charge is 0.0754 e. The molecule has 3 heteroatoms. The maximum atomic E-state index is 6.15. The van der Waals surface area contributed by atoms with Crippen LogP contribution < -0.4 is 0 Å². The highest BCUT2D eigenvalue weighted by atomic mass is 35.5. The first-order valence-electron chi connectivity index (χ1n) is 4.37. The number of nitrogens with zero attached hydrogens (tertiary/aromatic N) is 2. The largest absolute Gasteiger partial charge is 0.240 e. The molecule has 68 valence electrons. The second kappa shape index (κ2) is 2.72. The van der Waals surface area contributed by atoms with Crippen molar-refractivity contribution in [3.63, 3.8) is 0 Å². The summed E-state index contributed by atoms with van der Waals surface area (Å²) in [5, 5.41) is 7.15. The molecule has 0 radical (unpaired) electrons. The van der Waals surface area contributed by atoms with Gasteiger partial charge in [0.05, 0.1) is 16.7 Å². The number of pyridine rings is 1. The summed E-state index contributed by atoms with van der Waals surface area (Å²) in [6, 6.07) is 9.89. The molecule has 0 atom stereocenters. The normalized spacial score (nSPS) is 11.2. The fourth-order valence-corrected chi connectivity index (χ4v) is 2.01. The highest BCUT2D eigenvalue weighted by molar-refractivity contribution is 6.36. The van der Waals surface area contributed by atoms with Gasteiger partial charge in [-0.2, -0.15) is 5.10 Å². The number of rotatable bonds is 0. The number of hydrogen-bond acceptors (Lipinski definition) is 1. The van der Waals surface area contributed by atoms with Gasteiger partial charge in [-0.1, -0.05) is 23.7 Å². The Kier molecular flexibility index (Phi) is 1.52. The minimum Gasteiger partial charge on any atom is -0.240 e. The van der Waals surface area contributed by atoms with Crippen molar-refractivity contribution < 1.29 is 0 Å². The highest BCUT2D eigenvalue weighted by Crippen LogP contribution is 2.26. The van der Waals surface area contributed by atoms with Gasteiger partial charge in [-0.25, -0.2) is 4.52 Å². The van der Waals surface area contributed by atoms with Gasteiger partial charge in [0.25, 0.3) is 0 Å². The Morgan fingerprint density at radius 1 is 1.14 bits per heavy atom. The van der Waals surface area contributed by atoms with E-state index in [0.717, 1.165) is 21.3 Å². The minimum atomic E-state index is 0.772. The molecule has 0 unspecified atom stereocenters. The molecule has 0 bridgehead atoms. The molecule has 0 aliphatic rings. The second-order valence-corrected chi connectivity index (χ2v) is 3.59. The van der Waals surface area contributed by atoms with Crippen LogP contribution in [-0.4, -0.2) is 9.61 Å². The third-order valence-electron chi connectivity index (χ3n) is 2.37. The Morgan fingerprint density at radius 2 is 2.07 bits per heavy atom. The van der Waals surface area contributed by atoms with Gasteiger partial charge in [0.15, 0.2) is 0 Å². The predicted octanol–water partition coefficient (Wildman–Crippen LogP) is 3.14. The van der Waals surface area contributed by atoms with Crippen LogP contribution in [0.5, 0.6) is 0 Å². The predicted molar refractivity (Wildman–Crippen MR) is 57.7 cm³/mol. The fourth-order valence-electron chi connectivity index (χ4n) is 1.73. The first kappa shape index (κ1) is 7.83. The highest BCUT2D eigenvalue weighted by Gasteiger charge is 2.03. The van der Waals surface area contributed by atoms with Crippen LogP contribution in [0.25, 0.3) is 16.3 Å². The van der Waals surface area contributed by atoms with E-state index in [1.165, 1.54) is 0 Å². The van der Waals surface area contributed by atoms with Crippen molar-refractivity contribution in [2.75, 3.05) is 0 Å². The Hall–Kier alpha value is -1.54. The lowest BCUT2D eigenvalue weighted by Crippen LogP contribution is -1.86. The molecule has 0 fully saturated rings. The number of fused-ring (bicyclic) bond motifs is 3. The lowest BCUT2D eigenvalue weighted by molar-refractivity contribution is 0.967. The zero-order valence-corrected chi connectivity index (χ0v) is 8.07. The zero-order valence-electron chi connectivity index (χ0n) is 7.31. The summed E-state index contributed by atoms with van der Waals surface area (Å²) < 4.78 is 1.83. The van der Waals surface area contributed by atoms with Crippen molar-refractivity contribution in [2.45, 2.75) is 0 Å². The Bertz CT molecular complexity index is 613. The number of aromatic nitrogens is 2. The third kappa shape index (κ3) is 0.946. The molecule has 0 spiro atoms. The van der Waals surface area contributed by atoms with Gasteiger partial charge >= 0.3 is 0 Å². The third-order valence-corrected chi connectivity index (χ3v) is 2.68. The second-order valence-electron chi connectivity index (χ2n) is 3.18. The lowest BCUT2D eigenvalue weighted by Gasteiger charge is -2.02. The molecule has 0 aliphatic heterocycles. The summed E-state index contributed by atoms with van der Waals surface area (Å²) in [6.45, 7) is 0. The lowest BCUT2D eigenvalue weighted by atomic mass is 10.1. The van der Waals surface area contributed by atoms with Gasteiger partial charge in [0.2, 0.25) is 0 Å². The summed E-state index contributed by atoms with van der Waals surface area (Å²) in [5.41, 5.74) is 1.05. The minimum absolute atomic E-state index is 0.772. The molecule has 3 rings (SSSR count). The van der Waals surface area contributed by atoms with E-state index in [0.29, 0.717) is 0 Å². The monoisotopic (exact) mass is 202 g/mol. The zero-order chi connectivity index (χ0) is 9.54. The van der Waals surface area contributed by atoms with E-state index in [4.69, 9.17) is 11.6 Å². The maximum Gasteiger partial charge on any atom is 0.0754 e. The van der Waals surface area contributed by atoms with Gasteiger partial charge in [-0.15, -0.1) is 0 Å². The topological polar surface area (TPSA) is 17.3 Å². The van der Waals surface area contributed by atoms with Crippen molar-refractivity contribution in [1.82, 2.24) is 9.61 Å². The van der Waals surface area contributed by atoms with Crippen LogP contribution in [-0.2, 0) is 0 Å². The van der Waals surface area contributed by atoms with Gasteiger partial charge in [-0.3, -0.25) is 0 Å². The molecule has 2 aromatic heterocycles. The van der Waals surface area contributed by atoms with Crippen molar-refractivity contribution in [3.05, 3.63) is 47.7 Å². The standard InChI is InChI=1S/C11H7ClN2/c12-9-3-1-2-8-5-7-14-10(11(8)9)4-6-13-14/h1-7H. The SMILES string of the molecule is Clc1cccc2ccn3nccc3c12. The molecule has 0 N–H and O–H groups in total. The van der Waals surface area contributed by atoms with Gasteiger partial charge in [0.1, 0.15) is 0 Å². The summed E-state index contributed by atoms with van der Waals surface area (Å²) in [6.07, 6.45) is 3.71. The van der Waals surface area contributed by atoms with E-state index in [2.05, 4.69) is 5.10 Å². The van der Waals surface area contributed by atoms with Gasteiger partial charge < -0.3 is 0 Å². The van der Waals surface area contributed by atoms with Crippen LogP contribution in [0.15, 0.2) is 42.7 Å². The maximum absolute atomic E-state index is 6.15. The van der Waals surface area contributed by atoms with E-state index < -0.39 is 0 Å². The van der Waals surface area contributed by atoms with Crippen LogP contribution in [0.1, 0.15) is 0 Å². The quantitative estimate of drug-likeness (QED) is 0.548. The van der Waals surface area contributed by atoms with Crippen molar-refractivity contribution in [1.29, 1.82) is 0 Å². The van der Waals surface area contributed by atoms with Crippen LogP contribution in [0.4, 0.5) is 0 Å². The van der Waals surface area contributed by atoms with E-state index >= 15 is 0 Å². The average Bonchev–Trinajstić information content (AvgIpc) is 2.65. The Labute approximate surface area is 85.7 Å². The van der Waals surface area contributed by atoms with Crippen LogP contribution in [0.2, 0.25) is 5.02 Å². The van der Waals surface area contributed by atoms with E-state index in [1.807, 2.05) is 41.0 Å². The van der Waals surface area contributed by atoms with Crippen molar-refractivity contribution in [3.8, 4) is 0 Å². The first-order chi connectivity index (χ1) is 6.86. The molecular weight excluding hydrogens is 196 g/mol. The summed E-state index contributed by atoms with van der Waals surface area (Å²) in [7, 11) is 0. The molecule has 1 aromatic carbocycles. The van der Waals surface area contributed by atoms with Gasteiger partial charge in [0, 0.05) is 11.6 Å². The number of hydrogen-bond donors (Lipinski definition) is 0. The molecular formula is C11H7ClN2. The molecule has 0 amide bonds. The van der Waals surface area contributed by atoms with Crippen molar-refractivity contribution in [2.24, 2.45) is 0 Å². The average molecular weight is 203 g/mol. The van der Waals surface area contributed by atoms with Crippen LogP contribution in [0.3, 0.4) is 0 Å². The fraction of sp³-hybridized carbons (Fsp3) is 0. The van der Waals surface area contributed by atoms with Crippen LogP contribution >= 0.6 is 11.6 Å². The van der Waals surface area contributed by atoms with Crippen molar-refractivity contribution >= 4 is 27.9 Å². The summed E-state index contributed by atoms with van der Waals surface area (Å²) >= 11 is 6.15. The number of halogens is 1.